The van der Waals surface area contributed by atoms with E-state index in [-0.39, 0.29) is 11.7 Å². The smallest absolute Gasteiger partial charge is 0.218 e. The van der Waals surface area contributed by atoms with Crippen LogP contribution < -0.4 is 16.0 Å². The topological polar surface area (TPSA) is 70.2 Å². The lowest BCUT2D eigenvalue weighted by Crippen LogP contribution is -2.26. The van der Waals surface area contributed by atoms with E-state index in [2.05, 4.69) is 16.0 Å². The summed E-state index contributed by atoms with van der Waals surface area (Å²) in [6, 6.07) is 7.51. The maximum Gasteiger partial charge on any atom is 0.218 e. The molecule has 0 bridgehead atoms. The van der Waals surface area contributed by atoms with Crippen molar-refractivity contribution in [3.8, 4) is 0 Å². The van der Waals surface area contributed by atoms with Crippen molar-refractivity contribution in [3.05, 3.63) is 24.3 Å². The second-order valence-electron chi connectivity index (χ2n) is 3.72. The molecule has 0 aromatic heterocycles. The number of amides is 1. The standard InChI is InChI=1S/C12H17N3O2/c1-9(16)7-13-11-3-5-12(6-4-11)15-8-14-10(2)17/h3-6,13,15H,7-8H2,1-2H3,(H,14,17). The average molecular weight is 235 g/mol. The molecule has 1 amide bonds. The van der Waals surface area contributed by atoms with Crippen molar-refractivity contribution in [2.75, 3.05) is 23.8 Å². The molecule has 1 rings (SSSR count). The molecule has 0 aliphatic heterocycles. The Balaban J connectivity index is 2.39. The molecule has 5 heteroatoms. The summed E-state index contributed by atoms with van der Waals surface area (Å²) in [4.78, 5) is 21.4. The highest BCUT2D eigenvalue weighted by Gasteiger charge is 1.96. The van der Waals surface area contributed by atoms with Crippen LogP contribution >= 0.6 is 0 Å². The summed E-state index contributed by atoms with van der Waals surface area (Å²) in [5.41, 5.74) is 1.80. The van der Waals surface area contributed by atoms with Crippen LogP contribution in [0.25, 0.3) is 0 Å². The van der Waals surface area contributed by atoms with Crippen molar-refractivity contribution >= 4 is 23.1 Å². The lowest BCUT2D eigenvalue weighted by molar-refractivity contribution is -0.119. The molecule has 0 atom stereocenters. The van der Waals surface area contributed by atoms with Crippen molar-refractivity contribution in [1.82, 2.24) is 5.32 Å². The van der Waals surface area contributed by atoms with E-state index in [0.717, 1.165) is 11.4 Å². The minimum atomic E-state index is -0.0720. The molecular weight excluding hydrogens is 218 g/mol. The van der Waals surface area contributed by atoms with E-state index in [1.54, 1.807) is 0 Å². The number of carbonyl (C=O) groups excluding carboxylic acids is 2. The van der Waals surface area contributed by atoms with Gasteiger partial charge in [-0.15, -0.1) is 0 Å². The van der Waals surface area contributed by atoms with Gasteiger partial charge >= 0.3 is 0 Å². The summed E-state index contributed by atoms with van der Waals surface area (Å²) in [7, 11) is 0. The van der Waals surface area contributed by atoms with Gasteiger partial charge in [-0.05, 0) is 31.2 Å². The quantitative estimate of drug-likeness (QED) is 0.648. The number of benzene rings is 1. The second-order valence-corrected chi connectivity index (χ2v) is 3.72. The van der Waals surface area contributed by atoms with Gasteiger partial charge in [-0.25, -0.2) is 0 Å². The lowest BCUT2D eigenvalue weighted by Gasteiger charge is -2.08. The van der Waals surface area contributed by atoms with Crippen molar-refractivity contribution < 1.29 is 9.59 Å². The zero-order valence-electron chi connectivity index (χ0n) is 10.0. The maximum absolute atomic E-state index is 10.8. The molecule has 1 aromatic carbocycles. The lowest BCUT2D eigenvalue weighted by atomic mass is 10.2. The van der Waals surface area contributed by atoms with E-state index in [9.17, 15) is 9.59 Å². The summed E-state index contributed by atoms with van der Waals surface area (Å²) in [5, 5.41) is 8.68. The first-order valence-corrected chi connectivity index (χ1v) is 5.39. The summed E-state index contributed by atoms with van der Waals surface area (Å²) in [5.74, 6) is 0.0232. The van der Waals surface area contributed by atoms with Gasteiger partial charge in [-0.2, -0.15) is 0 Å². The van der Waals surface area contributed by atoms with E-state index in [4.69, 9.17) is 0 Å². The molecule has 0 fully saturated rings. The third-order valence-corrected chi connectivity index (χ3v) is 2.06. The molecule has 17 heavy (non-hydrogen) atoms. The molecule has 0 saturated carbocycles. The zero-order valence-corrected chi connectivity index (χ0v) is 10.0. The highest BCUT2D eigenvalue weighted by Crippen LogP contribution is 2.12. The zero-order chi connectivity index (χ0) is 12.7. The van der Waals surface area contributed by atoms with Crippen LogP contribution in [-0.2, 0) is 9.59 Å². The normalized spacial score (nSPS) is 9.53. The van der Waals surface area contributed by atoms with Crippen LogP contribution in [0, 0.1) is 0 Å². The minimum absolute atomic E-state index is 0.0720. The van der Waals surface area contributed by atoms with Crippen LogP contribution in [0.1, 0.15) is 13.8 Å². The largest absolute Gasteiger partial charge is 0.378 e. The fraction of sp³-hybridized carbons (Fsp3) is 0.333. The average Bonchev–Trinajstić information content (AvgIpc) is 2.27. The van der Waals surface area contributed by atoms with Gasteiger partial charge in [0, 0.05) is 18.3 Å². The molecule has 0 unspecified atom stereocenters. The molecule has 0 heterocycles. The number of rotatable bonds is 6. The highest BCUT2D eigenvalue weighted by atomic mass is 16.1. The molecule has 0 aliphatic rings. The summed E-state index contributed by atoms with van der Waals surface area (Å²) in [6.45, 7) is 3.74. The van der Waals surface area contributed by atoms with E-state index >= 15 is 0 Å². The van der Waals surface area contributed by atoms with Crippen LogP contribution in [0.2, 0.25) is 0 Å². The molecule has 0 radical (unpaired) electrons. The van der Waals surface area contributed by atoms with Crippen molar-refractivity contribution in [1.29, 1.82) is 0 Å². The molecule has 5 nitrogen and oxygen atoms in total. The summed E-state index contributed by atoms with van der Waals surface area (Å²) < 4.78 is 0. The van der Waals surface area contributed by atoms with Crippen LogP contribution in [0.15, 0.2) is 24.3 Å². The molecule has 1 aromatic rings. The first-order valence-electron chi connectivity index (χ1n) is 5.39. The molecule has 92 valence electrons. The maximum atomic E-state index is 10.8. The third kappa shape index (κ3) is 5.55. The van der Waals surface area contributed by atoms with E-state index in [0.29, 0.717) is 13.2 Å². The van der Waals surface area contributed by atoms with Gasteiger partial charge in [-0.3, -0.25) is 9.59 Å². The van der Waals surface area contributed by atoms with Crippen molar-refractivity contribution in [3.63, 3.8) is 0 Å². The van der Waals surface area contributed by atoms with Crippen LogP contribution in [-0.4, -0.2) is 24.9 Å². The summed E-state index contributed by atoms with van der Waals surface area (Å²) in [6.07, 6.45) is 0. The Morgan fingerprint density at radius 3 is 2.00 bits per heavy atom. The first-order chi connectivity index (χ1) is 8.08. The van der Waals surface area contributed by atoms with Crippen LogP contribution in [0.4, 0.5) is 11.4 Å². The van der Waals surface area contributed by atoms with Gasteiger partial charge in [0.1, 0.15) is 5.78 Å². The van der Waals surface area contributed by atoms with Gasteiger partial charge < -0.3 is 16.0 Å². The number of anilines is 2. The van der Waals surface area contributed by atoms with E-state index in [1.807, 2.05) is 24.3 Å². The Kier molecular flexibility index (Phi) is 5.00. The fourth-order valence-corrected chi connectivity index (χ4v) is 1.20. The second kappa shape index (κ2) is 6.52. The molecular formula is C12H17N3O2. The SMILES string of the molecule is CC(=O)CNc1ccc(NCNC(C)=O)cc1. The molecule has 0 aliphatic carbocycles. The van der Waals surface area contributed by atoms with Crippen LogP contribution in [0.5, 0.6) is 0 Å². The number of Topliss-reactive ketones (excluding diaryl/α,β-unsaturated/α-hetero) is 1. The Morgan fingerprint density at radius 2 is 1.53 bits per heavy atom. The minimum Gasteiger partial charge on any atom is -0.378 e. The van der Waals surface area contributed by atoms with Crippen molar-refractivity contribution in [2.24, 2.45) is 0 Å². The third-order valence-electron chi connectivity index (χ3n) is 2.06. The number of hydrogen-bond donors (Lipinski definition) is 3. The Morgan fingerprint density at radius 1 is 1.00 bits per heavy atom. The summed E-state index contributed by atoms with van der Waals surface area (Å²) >= 11 is 0. The predicted molar refractivity (Wildman–Crippen MR) is 67.9 cm³/mol. The number of carbonyl (C=O) groups is 2. The molecule has 3 N–H and O–H groups in total. The number of hydrogen-bond acceptors (Lipinski definition) is 4. The van der Waals surface area contributed by atoms with Crippen LogP contribution in [0.3, 0.4) is 0 Å². The van der Waals surface area contributed by atoms with Gasteiger partial charge in [-0.1, -0.05) is 0 Å². The predicted octanol–water partition coefficient (Wildman–Crippen LogP) is 1.19. The van der Waals surface area contributed by atoms with Gasteiger partial charge in [0.25, 0.3) is 0 Å². The van der Waals surface area contributed by atoms with E-state index in [1.165, 1.54) is 13.8 Å². The van der Waals surface area contributed by atoms with Gasteiger partial charge in [0.15, 0.2) is 0 Å². The fourth-order valence-electron chi connectivity index (χ4n) is 1.20. The Hall–Kier alpha value is -2.04. The van der Waals surface area contributed by atoms with Crippen molar-refractivity contribution in [2.45, 2.75) is 13.8 Å². The monoisotopic (exact) mass is 235 g/mol. The van der Waals surface area contributed by atoms with E-state index < -0.39 is 0 Å². The Bertz CT molecular complexity index is 387. The highest BCUT2D eigenvalue weighted by molar-refractivity contribution is 5.80. The number of ketones is 1. The molecule has 0 spiro atoms. The first kappa shape index (κ1) is 13.0. The molecule has 0 saturated heterocycles. The van der Waals surface area contributed by atoms with Gasteiger partial charge in [0.2, 0.25) is 5.91 Å². The number of nitrogens with one attached hydrogen (secondary N) is 3. The Labute approximate surface area is 101 Å². The van der Waals surface area contributed by atoms with Gasteiger partial charge in [0.05, 0.1) is 13.2 Å².